The first-order valence-electron chi connectivity index (χ1n) is 8.38. The molecule has 140 valence electrons. The Labute approximate surface area is 154 Å². The third kappa shape index (κ3) is 4.08. The highest BCUT2D eigenvalue weighted by Crippen LogP contribution is 2.09. The van der Waals surface area contributed by atoms with Gasteiger partial charge in [-0.15, -0.1) is 5.10 Å². The van der Waals surface area contributed by atoms with Gasteiger partial charge in [0.15, 0.2) is 0 Å². The molecule has 0 aliphatic carbocycles. The van der Waals surface area contributed by atoms with Gasteiger partial charge in [-0.05, 0) is 44.5 Å². The SMILES string of the molecule is Cc1cc(C)n2nc(C(=O)NCCNC(=O)c3ccc(C)c(F)c3)nc2n1. The van der Waals surface area contributed by atoms with Crippen LogP contribution in [0, 0.1) is 26.6 Å². The van der Waals surface area contributed by atoms with Crippen LogP contribution in [0.15, 0.2) is 24.3 Å². The fraction of sp³-hybridized carbons (Fsp3) is 0.278. The van der Waals surface area contributed by atoms with Crippen LogP contribution in [-0.4, -0.2) is 44.5 Å². The monoisotopic (exact) mass is 370 g/mol. The lowest BCUT2D eigenvalue weighted by molar-refractivity contribution is 0.0922. The van der Waals surface area contributed by atoms with E-state index in [-0.39, 0.29) is 24.5 Å². The number of aromatic nitrogens is 4. The van der Waals surface area contributed by atoms with Crippen LogP contribution < -0.4 is 10.6 Å². The van der Waals surface area contributed by atoms with E-state index >= 15 is 0 Å². The second-order valence-corrected chi connectivity index (χ2v) is 6.16. The molecule has 8 nitrogen and oxygen atoms in total. The Morgan fingerprint density at radius 1 is 1.04 bits per heavy atom. The molecule has 0 spiro atoms. The van der Waals surface area contributed by atoms with Crippen molar-refractivity contribution < 1.29 is 14.0 Å². The molecule has 0 atom stereocenters. The fourth-order valence-corrected chi connectivity index (χ4v) is 2.53. The molecule has 3 rings (SSSR count). The maximum atomic E-state index is 13.5. The summed E-state index contributed by atoms with van der Waals surface area (Å²) in [6.45, 7) is 5.67. The van der Waals surface area contributed by atoms with Crippen LogP contribution in [0.25, 0.3) is 5.78 Å². The zero-order chi connectivity index (χ0) is 19.6. The summed E-state index contributed by atoms with van der Waals surface area (Å²) in [7, 11) is 0. The van der Waals surface area contributed by atoms with Gasteiger partial charge in [0.05, 0.1) is 0 Å². The summed E-state index contributed by atoms with van der Waals surface area (Å²) >= 11 is 0. The van der Waals surface area contributed by atoms with Crippen molar-refractivity contribution in [3.05, 3.63) is 58.4 Å². The molecule has 2 amide bonds. The standard InChI is InChI=1S/C18H19FN6O2/c1-10-4-5-13(9-14(10)19)16(26)20-6-7-21-17(27)15-23-18-22-11(2)8-12(3)25(18)24-15/h4-5,8-9H,6-7H2,1-3H3,(H,20,26)(H,21,27). The summed E-state index contributed by atoms with van der Waals surface area (Å²) < 4.78 is 15.0. The van der Waals surface area contributed by atoms with E-state index in [4.69, 9.17) is 0 Å². The number of amides is 2. The van der Waals surface area contributed by atoms with Crippen LogP contribution in [0.3, 0.4) is 0 Å². The van der Waals surface area contributed by atoms with Crippen LogP contribution >= 0.6 is 0 Å². The zero-order valence-electron chi connectivity index (χ0n) is 15.2. The largest absolute Gasteiger partial charge is 0.350 e. The van der Waals surface area contributed by atoms with Gasteiger partial charge in [-0.25, -0.2) is 13.9 Å². The van der Waals surface area contributed by atoms with Gasteiger partial charge in [0.1, 0.15) is 5.82 Å². The van der Waals surface area contributed by atoms with E-state index in [2.05, 4.69) is 25.7 Å². The highest BCUT2D eigenvalue weighted by molar-refractivity contribution is 5.94. The van der Waals surface area contributed by atoms with Crippen molar-refractivity contribution in [3.8, 4) is 0 Å². The maximum Gasteiger partial charge on any atom is 0.291 e. The third-order valence-electron chi connectivity index (χ3n) is 3.95. The molecule has 0 fully saturated rings. The molecule has 2 aromatic heterocycles. The van der Waals surface area contributed by atoms with Gasteiger partial charge in [0.25, 0.3) is 17.6 Å². The molecule has 0 unspecified atom stereocenters. The highest BCUT2D eigenvalue weighted by atomic mass is 19.1. The van der Waals surface area contributed by atoms with Crippen molar-refractivity contribution in [2.24, 2.45) is 0 Å². The third-order valence-corrected chi connectivity index (χ3v) is 3.95. The molecule has 1 aromatic carbocycles. The molecule has 0 saturated carbocycles. The average molecular weight is 370 g/mol. The van der Waals surface area contributed by atoms with Gasteiger partial charge in [0, 0.05) is 30.0 Å². The van der Waals surface area contributed by atoms with E-state index in [9.17, 15) is 14.0 Å². The fourth-order valence-electron chi connectivity index (χ4n) is 2.53. The second-order valence-electron chi connectivity index (χ2n) is 6.16. The highest BCUT2D eigenvalue weighted by Gasteiger charge is 2.15. The van der Waals surface area contributed by atoms with Crippen molar-refractivity contribution in [2.45, 2.75) is 20.8 Å². The van der Waals surface area contributed by atoms with E-state index < -0.39 is 17.6 Å². The van der Waals surface area contributed by atoms with Crippen molar-refractivity contribution >= 4 is 17.6 Å². The molecule has 2 heterocycles. The quantitative estimate of drug-likeness (QED) is 0.660. The molecule has 3 aromatic rings. The van der Waals surface area contributed by atoms with Crippen molar-refractivity contribution in [1.82, 2.24) is 30.2 Å². The lowest BCUT2D eigenvalue weighted by Gasteiger charge is -2.06. The number of halogens is 1. The molecular weight excluding hydrogens is 351 g/mol. The molecule has 0 aliphatic rings. The Kier molecular flexibility index (Phi) is 5.11. The van der Waals surface area contributed by atoms with Crippen molar-refractivity contribution in [1.29, 1.82) is 0 Å². The molecular formula is C18H19FN6O2. The van der Waals surface area contributed by atoms with E-state index in [0.717, 1.165) is 11.4 Å². The topological polar surface area (TPSA) is 101 Å². The van der Waals surface area contributed by atoms with Gasteiger partial charge in [-0.1, -0.05) is 6.07 Å². The molecule has 0 aliphatic heterocycles. The van der Waals surface area contributed by atoms with Crippen molar-refractivity contribution in [3.63, 3.8) is 0 Å². The van der Waals surface area contributed by atoms with E-state index in [1.165, 1.54) is 10.6 Å². The number of carbonyl (C=O) groups excluding carboxylic acids is 2. The van der Waals surface area contributed by atoms with Gasteiger partial charge < -0.3 is 10.6 Å². The normalized spacial score (nSPS) is 10.8. The number of benzene rings is 1. The number of nitrogens with zero attached hydrogens (tertiary/aromatic N) is 4. The van der Waals surface area contributed by atoms with E-state index in [1.54, 1.807) is 19.1 Å². The Morgan fingerprint density at radius 3 is 2.44 bits per heavy atom. The lowest BCUT2D eigenvalue weighted by Crippen LogP contribution is -2.35. The molecule has 0 saturated heterocycles. The second kappa shape index (κ2) is 7.48. The Morgan fingerprint density at radius 2 is 1.74 bits per heavy atom. The van der Waals surface area contributed by atoms with Crippen LogP contribution in [0.5, 0.6) is 0 Å². The first-order chi connectivity index (χ1) is 12.8. The van der Waals surface area contributed by atoms with Crippen LogP contribution in [0.1, 0.15) is 37.9 Å². The summed E-state index contributed by atoms with van der Waals surface area (Å²) in [6, 6.07) is 6.11. The zero-order valence-corrected chi connectivity index (χ0v) is 15.2. The minimum atomic E-state index is -0.465. The van der Waals surface area contributed by atoms with Gasteiger partial charge >= 0.3 is 0 Å². The minimum Gasteiger partial charge on any atom is -0.350 e. The minimum absolute atomic E-state index is 0.00290. The molecule has 9 heteroatoms. The van der Waals surface area contributed by atoms with E-state index in [0.29, 0.717) is 11.3 Å². The Hall–Kier alpha value is -3.36. The number of aryl methyl sites for hydroxylation is 3. The molecule has 27 heavy (non-hydrogen) atoms. The first-order valence-corrected chi connectivity index (χ1v) is 8.38. The molecule has 0 bridgehead atoms. The van der Waals surface area contributed by atoms with Gasteiger partial charge in [0.2, 0.25) is 5.82 Å². The smallest absolute Gasteiger partial charge is 0.291 e. The van der Waals surface area contributed by atoms with Crippen LogP contribution in [0.2, 0.25) is 0 Å². The van der Waals surface area contributed by atoms with Crippen molar-refractivity contribution in [2.75, 3.05) is 13.1 Å². The number of nitrogens with one attached hydrogen (secondary N) is 2. The lowest BCUT2D eigenvalue weighted by atomic mass is 10.1. The maximum absolute atomic E-state index is 13.5. The summed E-state index contributed by atoms with van der Waals surface area (Å²) in [6.07, 6.45) is 0. The summed E-state index contributed by atoms with van der Waals surface area (Å²) in [4.78, 5) is 32.5. The molecule has 0 radical (unpaired) electrons. The number of hydrogen-bond acceptors (Lipinski definition) is 5. The number of fused-ring (bicyclic) bond motifs is 1. The first kappa shape index (κ1) is 18.4. The summed E-state index contributed by atoms with van der Waals surface area (Å²) in [5.74, 6) is -0.957. The number of carbonyl (C=O) groups is 2. The van der Waals surface area contributed by atoms with Crippen LogP contribution in [0.4, 0.5) is 4.39 Å². The Balaban J connectivity index is 1.54. The average Bonchev–Trinajstić information content (AvgIpc) is 3.05. The van der Waals surface area contributed by atoms with Gasteiger partial charge in [-0.3, -0.25) is 9.59 Å². The number of hydrogen-bond donors (Lipinski definition) is 2. The number of rotatable bonds is 5. The Bertz CT molecular complexity index is 1030. The van der Waals surface area contributed by atoms with Crippen LogP contribution in [-0.2, 0) is 0 Å². The predicted molar refractivity (Wildman–Crippen MR) is 96.1 cm³/mol. The van der Waals surface area contributed by atoms with E-state index in [1.807, 2.05) is 19.9 Å². The summed E-state index contributed by atoms with van der Waals surface area (Å²) in [5.41, 5.74) is 2.30. The summed E-state index contributed by atoms with van der Waals surface area (Å²) in [5, 5.41) is 9.38. The predicted octanol–water partition coefficient (Wildman–Crippen LogP) is 1.35. The molecule has 2 N–H and O–H groups in total. The van der Waals surface area contributed by atoms with Gasteiger partial charge in [-0.2, -0.15) is 4.98 Å².